The average molecular weight is 288 g/mol. The monoisotopic (exact) mass is 288 g/mol. The summed E-state index contributed by atoms with van der Waals surface area (Å²) in [4.78, 5) is 16.6. The molecule has 1 unspecified atom stereocenters. The van der Waals surface area contributed by atoms with Crippen molar-refractivity contribution in [3.63, 3.8) is 0 Å². The Balaban J connectivity index is 1.53. The van der Waals surface area contributed by atoms with E-state index in [0.29, 0.717) is 5.56 Å². The molecule has 1 aromatic carbocycles. The number of amides is 1. The minimum Gasteiger partial charge on any atom is -0.299 e. The lowest BCUT2D eigenvalue weighted by atomic mass is 10.1. The van der Waals surface area contributed by atoms with Crippen molar-refractivity contribution >= 4 is 5.91 Å². The molecule has 5 heteroatoms. The van der Waals surface area contributed by atoms with Gasteiger partial charge in [-0.05, 0) is 50.0 Å². The van der Waals surface area contributed by atoms with Crippen LogP contribution >= 0.6 is 0 Å². The van der Waals surface area contributed by atoms with Gasteiger partial charge in [0.1, 0.15) is 0 Å². The zero-order valence-electron chi connectivity index (χ0n) is 12.4. The highest BCUT2D eigenvalue weighted by Gasteiger charge is 2.28. The Morgan fingerprint density at radius 1 is 1.19 bits per heavy atom. The minimum absolute atomic E-state index is 0.239. The van der Waals surface area contributed by atoms with Crippen LogP contribution in [0.3, 0.4) is 0 Å². The van der Waals surface area contributed by atoms with Gasteiger partial charge in [-0.15, -0.1) is 0 Å². The highest BCUT2D eigenvalue weighted by molar-refractivity contribution is 5.93. The van der Waals surface area contributed by atoms with Crippen LogP contribution in [0.2, 0.25) is 0 Å². The highest BCUT2D eigenvalue weighted by atomic mass is 16.2. The second kappa shape index (κ2) is 6.56. The summed E-state index contributed by atoms with van der Waals surface area (Å²) >= 11 is 0. The highest BCUT2D eigenvalue weighted by Crippen LogP contribution is 2.21. The van der Waals surface area contributed by atoms with Gasteiger partial charge in [-0.25, -0.2) is 5.84 Å². The molecule has 0 saturated carbocycles. The number of nitrogen functional groups attached to an aromatic ring is 1. The number of rotatable bonds is 4. The lowest BCUT2D eigenvalue weighted by molar-refractivity contribution is 0.0953. The Hall–Kier alpha value is -1.43. The Morgan fingerprint density at radius 3 is 2.57 bits per heavy atom. The maximum absolute atomic E-state index is 11.4. The van der Waals surface area contributed by atoms with E-state index in [-0.39, 0.29) is 5.91 Å². The number of carbonyl (C=O) groups is 1. The Kier molecular flexibility index (Phi) is 4.53. The molecular weight excluding hydrogens is 264 g/mol. The number of hydrogen-bond acceptors (Lipinski definition) is 4. The first-order chi connectivity index (χ1) is 10.3. The molecule has 5 nitrogen and oxygen atoms in total. The van der Waals surface area contributed by atoms with E-state index in [1.165, 1.54) is 51.0 Å². The number of nitrogens with zero attached hydrogens (tertiary/aromatic N) is 2. The molecule has 0 aromatic heterocycles. The molecular formula is C16H24N4O. The lowest BCUT2D eigenvalue weighted by Crippen LogP contribution is -2.35. The van der Waals surface area contributed by atoms with Gasteiger partial charge >= 0.3 is 0 Å². The van der Waals surface area contributed by atoms with E-state index < -0.39 is 0 Å². The third-order valence-electron chi connectivity index (χ3n) is 4.66. The third kappa shape index (κ3) is 3.43. The Bertz CT molecular complexity index is 482. The molecule has 3 N–H and O–H groups in total. The smallest absolute Gasteiger partial charge is 0.265 e. The predicted octanol–water partition coefficient (Wildman–Crippen LogP) is 0.960. The number of benzene rings is 1. The van der Waals surface area contributed by atoms with Crippen LogP contribution in [0, 0.1) is 0 Å². The summed E-state index contributed by atoms with van der Waals surface area (Å²) in [6, 6.07) is 8.47. The first-order valence-corrected chi connectivity index (χ1v) is 7.82. The van der Waals surface area contributed by atoms with Crippen LogP contribution in [0.15, 0.2) is 24.3 Å². The van der Waals surface area contributed by atoms with Crippen LogP contribution in [0.5, 0.6) is 0 Å². The summed E-state index contributed by atoms with van der Waals surface area (Å²) in [6.07, 6.45) is 4.01. The summed E-state index contributed by atoms with van der Waals surface area (Å²) in [7, 11) is 0. The van der Waals surface area contributed by atoms with E-state index in [2.05, 4.69) is 15.2 Å². The van der Waals surface area contributed by atoms with Gasteiger partial charge in [0.05, 0.1) is 0 Å². The summed E-state index contributed by atoms with van der Waals surface area (Å²) in [5.41, 5.74) is 4.02. The van der Waals surface area contributed by atoms with E-state index in [1.807, 2.05) is 24.3 Å². The fraction of sp³-hybridized carbons (Fsp3) is 0.562. The number of hydrazine groups is 1. The second-order valence-electron chi connectivity index (χ2n) is 6.09. The molecule has 1 atom stereocenters. The number of nitrogens with one attached hydrogen (secondary N) is 1. The molecule has 0 aliphatic carbocycles. The van der Waals surface area contributed by atoms with Crippen LogP contribution in [0.1, 0.15) is 35.2 Å². The van der Waals surface area contributed by atoms with Gasteiger partial charge in [0.2, 0.25) is 0 Å². The van der Waals surface area contributed by atoms with Crippen molar-refractivity contribution in [2.24, 2.45) is 5.84 Å². The average Bonchev–Trinajstić information content (AvgIpc) is 3.18. The Morgan fingerprint density at radius 2 is 1.90 bits per heavy atom. The van der Waals surface area contributed by atoms with Gasteiger partial charge in [-0.2, -0.15) is 0 Å². The fourth-order valence-electron chi connectivity index (χ4n) is 3.46. The second-order valence-corrected chi connectivity index (χ2v) is 6.09. The van der Waals surface area contributed by atoms with Gasteiger partial charge in [0.15, 0.2) is 0 Å². The topological polar surface area (TPSA) is 61.6 Å². The van der Waals surface area contributed by atoms with E-state index in [9.17, 15) is 4.79 Å². The molecule has 3 rings (SSSR count). The number of hydrogen-bond donors (Lipinski definition) is 2. The predicted molar refractivity (Wildman–Crippen MR) is 82.6 cm³/mol. The van der Waals surface area contributed by atoms with Crippen molar-refractivity contribution in [3.05, 3.63) is 35.4 Å². The molecule has 0 bridgehead atoms. The first-order valence-electron chi connectivity index (χ1n) is 7.82. The normalized spacial score (nSPS) is 23.6. The minimum atomic E-state index is -0.239. The SMILES string of the molecule is NNC(=O)c1ccc(CN2CCC(N3CCCC3)C2)cc1. The quantitative estimate of drug-likeness (QED) is 0.492. The summed E-state index contributed by atoms with van der Waals surface area (Å²) in [5.74, 6) is 4.90. The van der Waals surface area contributed by atoms with Crippen LogP contribution < -0.4 is 11.3 Å². The maximum Gasteiger partial charge on any atom is 0.265 e. The largest absolute Gasteiger partial charge is 0.299 e. The molecule has 2 aliphatic heterocycles. The molecule has 2 saturated heterocycles. The van der Waals surface area contributed by atoms with E-state index >= 15 is 0 Å². The first kappa shape index (κ1) is 14.5. The fourth-order valence-corrected chi connectivity index (χ4v) is 3.46. The molecule has 0 spiro atoms. The van der Waals surface area contributed by atoms with E-state index in [0.717, 1.165) is 12.6 Å². The summed E-state index contributed by atoms with van der Waals surface area (Å²) < 4.78 is 0. The standard InChI is InChI=1S/C16H24N4O/c17-18-16(21)14-5-3-13(4-6-14)11-19-10-7-15(12-19)20-8-1-2-9-20/h3-6,15H,1-2,7-12,17H2,(H,18,21). The van der Waals surface area contributed by atoms with Crippen LogP contribution in [0.4, 0.5) is 0 Å². The van der Waals surface area contributed by atoms with Crippen LogP contribution in [0.25, 0.3) is 0 Å². The molecule has 0 radical (unpaired) electrons. The van der Waals surface area contributed by atoms with Crippen LogP contribution in [-0.4, -0.2) is 47.9 Å². The Labute approximate surface area is 126 Å². The molecule has 114 valence electrons. The molecule has 1 aromatic rings. The van der Waals surface area contributed by atoms with Crippen molar-refractivity contribution in [1.82, 2.24) is 15.2 Å². The van der Waals surface area contributed by atoms with Crippen molar-refractivity contribution in [1.29, 1.82) is 0 Å². The number of likely N-dealkylation sites (tertiary alicyclic amines) is 2. The van der Waals surface area contributed by atoms with Crippen molar-refractivity contribution < 1.29 is 4.79 Å². The molecule has 1 amide bonds. The van der Waals surface area contributed by atoms with Crippen molar-refractivity contribution in [2.75, 3.05) is 26.2 Å². The maximum atomic E-state index is 11.4. The van der Waals surface area contributed by atoms with E-state index in [4.69, 9.17) is 5.84 Å². The van der Waals surface area contributed by atoms with E-state index in [1.54, 1.807) is 0 Å². The summed E-state index contributed by atoms with van der Waals surface area (Å²) in [5, 5.41) is 0. The number of nitrogens with two attached hydrogens (primary N) is 1. The number of carbonyl (C=O) groups excluding carboxylic acids is 1. The molecule has 21 heavy (non-hydrogen) atoms. The zero-order chi connectivity index (χ0) is 14.7. The van der Waals surface area contributed by atoms with Gasteiger partial charge < -0.3 is 0 Å². The van der Waals surface area contributed by atoms with Gasteiger partial charge in [0, 0.05) is 31.2 Å². The van der Waals surface area contributed by atoms with Gasteiger partial charge in [-0.1, -0.05) is 12.1 Å². The zero-order valence-corrected chi connectivity index (χ0v) is 12.4. The lowest BCUT2D eigenvalue weighted by Gasteiger charge is -2.23. The molecule has 2 fully saturated rings. The molecule has 2 aliphatic rings. The van der Waals surface area contributed by atoms with Crippen molar-refractivity contribution in [3.8, 4) is 0 Å². The molecule has 2 heterocycles. The van der Waals surface area contributed by atoms with Gasteiger partial charge in [0.25, 0.3) is 5.91 Å². The summed E-state index contributed by atoms with van der Waals surface area (Å²) in [6.45, 7) is 5.87. The third-order valence-corrected chi connectivity index (χ3v) is 4.66. The van der Waals surface area contributed by atoms with Crippen molar-refractivity contribution in [2.45, 2.75) is 31.8 Å². The van der Waals surface area contributed by atoms with Crippen LogP contribution in [-0.2, 0) is 6.54 Å². The van der Waals surface area contributed by atoms with Gasteiger partial charge in [-0.3, -0.25) is 20.0 Å².